The first kappa shape index (κ1) is 38.7. The van der Waals surface area contributed by atoms with Gasteiger partial charge in [-0.05, 0) is 91.6 Å². The molecule has 13 aromatic carbocycles. The number of hydrogen-bond acceptors (Lipinski definition) is 4. The molecule has 0 radical (unpaired) electrons. The van der Waals surface area contributed by atoms with Gasteiger partial charge in [-0.15, -0.1) is 0 Å². The van der Waals surface area contributed by atoms with E-state index in [1.165, 1.54) is 43.1 Å². The molecule has 0 amide bonds. The van der Waals surface area contributed by atoms with Gasteiger partial charge >= 0.3 is 0 Å². The first-order chi connectivity index (χ1) is 34.7. The Morgan fingerprint density at radius 2 is 0.529 bits per heavy atom. The highest BCUT2D eigenvalue weighted by Crippen LogP contribution is 2.51. The van der Waals surface area contributed by atoms with Crippen molar-refractivity contribution in [2.45, 2.75) is 0 Å². The molecule has 0 aliphatic carbocycles. The molecule has 70 heavy (non-hydrogen) atoms. The topological polar surface area (TPSA) is 32.8 Å². The first-order valence-corrected chi connectivity index (χ1v) is 23.9. The van der Waals surface area contributed by atoms with Crippen LogP contribution in [0.1, 0.15) is 0 Å². The molecule has 0 atom stereocenters. The molecule has 2 aromatic heterocycles. The predicted molar refractivity (Wildman–Crippen MR) is 295 cm³/mol. The highest BCUT2D eigenvalue weighted by Gasteiger charge is 2.26. The fourth-order valence-corrected chi connectivity index (χ4v) is 11.5. The fraction of sp³-hybridized carbons (Fsp3) is 0. The molecule has 4 heteroatoms. The van der Waals surface area contributed by atoms with Gasteiger partial charge in [0.2, 0.25) is 0 Å². The van der Waals surface area contributed by atoms with Crippen LogP contribution in [0, 0.1) is 0 Å². The van der Waals surface area contributed by atoms with Gasteiger partial charge in [-0.25, -0.2) is 0 Å². The Labute approximate surface area is 402 Å². The summed E-state index contributed by atoms with van der Waals surface area (Å²) in [5, 5.41) is 18.3. The number of anilines is 6. The summed E-state index contributed by atoms with van der Waals surface area (Å²) in [5.74, 6) is 0. The lowest BCUT2D eigenvalue weighted by molar-refractivity contribution is 0.633. The summed E-state index contributed by atoms with van der Waals surface area (Å²) in [4.78, 5) is 4.82. The summed E-state index contributed by atoms with van der Waals surface area (Å²) in [6, 6.07) is 87.4. The summed E-state index contributed by atoms with van der Waals surface area (Å²) >= 11 is 0. The number of hydrogen-bond donors (Lipinski definition) is 0. The lowest BCUT2D eigenvalue weighted by Crippen LogP contribution is -2.11. The van der Waals surface area contributed by atoms with Crippen molar-refractivity contribution >= 4 is 143 Å². The van der Waals surface area contributed by atoms with Gasteiger partial charge in [-0.1, -0.05) is 182 Å². The lowest BCUT2D eigenvalue weighted by atomic mass is 9.96. The molecule has 0 aliphatic rings. The van der Waals surface area contributed by atoms with Crippen molar-refractivity contribution in [2.24, 2.45) is 0 Å². The third-order valence-corrected chi connectivity index (χ3v) is 14.5. The fourth-order valence-electron chi connectivity index (χ4n) is 11.5. The van der Waals surface area contributed by atoms with E-state index in [-0.39, 0.29) is 0 Å². The first-order valence-electron chi connectivity index (χ1n) is 23.9. The van der Waals surface area contributed by atoms with Gasteiger partial charge in [-0.3, -0.25) is 0 Å². The Morgan fingerprint density at radius 1 is 0.229 bits per heavy atom. The Kier molecular flexibility index (Phi) is 8.33. The van der Waals surface area contributed by atoms with Crippen LogP contribution in [0.15, 0.2) is 251 Å². The number of furan rings is 2. The molecule has 0 fully saturated rings. The summed E-state index contributed by atoms with van der Waals surface area (Å²) in [5.41, 5.74) is 9.46. The van der Waals surface area contributed by atoms with Crippen LogP contribution in [0.5, 0.6) is 0 Å². The SMILES string of the molecule is c1ccc(N(c2cc3ccccc3c3ccccc23)c2cc3oc4c(ccc5c4oc4cc(N(c6ccccc6)c6cc7ccccc7c7ccccc67)c6ccccc6c45)c3c3ccccc23)cc1. The Balaban J connectivity index is 0.996. The van der Waals surface area contributed by atoms with E-state index in [9.17, 15) is 0 Å². The molecule has 15 aromatic rings. The van der Waals surface area contributed by atoms with E-state index >= 15 is 0 Å². The molecule has 0 spiro atoms. The molecule has 0 aliphatic heterocycles. The number of fused-ring (bicyclic) bond motifs is 17. The third kappa shape index (κ3) is 5.65. The van der Waals surface area contributed by atoms with E-state index < -0.39 is 0 Å². The lowest BCUT2D eigenvalue weighted by Gasteiger charge is -2.28. The van der Waals surface area contributed by atoms with Gasteiger partial charge in [0, 0.05) is 66.6 Å². The van der Waals surface area contributed by atoms with Crippen molar-refractivity contribution in [1.29, 1.82) is 0 Å². The minimum atomic E-state index is 0.736. The number of rotatable bonds is 6. The third-order valence-electron chi connectivity index (χ3n) is 14.5. The van der Waals surface area contributed by atoms with Crippen molar-refractivity contribution in [1.82, 2.24) is 0 Å². The second-order valence-corrected chi connectivity index (χ2v) is 18.3. The molecule has 2 heterocycles. The molecule has 15 rings (SSSR count). The van der Waals surface area contributed by atoms with E-state index in [4.69, 9.17) is 8.83 Å². The molecular weight excluding hydrogens is 853 g/mol. The molecule has 4 nitrogen and oxygen atoms in total. The van der Waals surface area contributed by atoms with E-state index in [0.717, 1.165) is 99.5 Å². The molecular formula is C66H40N2O2. The van der Waals surface area contributed by atoms with Gasteiger partial charge in [0.05, 0.1) is 22.7 Å². The number of benzene rings is 13. The average molecular weight is 893 g/mol. The summed E-state index contributed by atoms with van der Waals surface area (Å²) in [6.07, 6.45) is 0. The molecule has 0 N–H and O–H groups in total. The van der Waals surface area contributed by atoms with Crippen molar-refractivity contribution in [3.05, 3.63) is 243 Å². The van der Waals surface area contributed by atoms with E-state index in [1.54, 1.807) is 0 Å². The van der Waals surface area contributed by atoms with E-state index in [0.29, 0.717) is 0 Å². The molecule has 0 bridgehead atoms. The summed E-state index contributed by atoms with van der Waals surface area (Å²) < 4.78 is 14.4. The predicted octanol–water partition coefficient (Wildman–Crippen LogP) is 19.3. The second-order valence-electron chi connectivity index (χ2n) is 18.3. The zero-order valence-electron chi connectivity index (χ0n) is 37.8. The Bertz CT molecular complexity index is 4310. The van der Waals surface area contributed by atoms with Crippen LogP contribution in [0.4, 0.5) is 34.1 Å². The van der Waals surface area contributed by atoms with Crippen LogP contribution in [0.25, 0.3) is 109 Å². The molecule has 326 valence electrons. The maximum absolute atomic E-state index is 7.21. The average Bonchev–Trinajstić information content (AvgIpc) is 4.01. The van der Waals surface area contributed by atoms with Gasteiger partial charge in [-0.2, -0.15) is 0 Å². The van der Waals surface area contributed by atoms with Crippen molar-refractivity contribution in [3.63, 3.8) is 0 Å². The van der Waals surface area contributed by atoms with Crippen LogP contribution in [0.3, 0.4) is 0 Å². The highest BCUT2D eigenvalue weighted by molar-refractivity contribution is 6.30. The maximum Gasteiger partial charge on any atom is 0.178 e. The Morgan fingerprint density at radius 3 is 0.929 bits per heavy atom. The van der Waals surface area contributed by atoms with Crippen LogP contribution in [-0.4, -0.2) is 0 Å². The highest BCUT2D eigenvalue weighted by atomic mass is 16.4. The van der Waals surface area contributed by atoms with Crippen LogP contribution in [0.2, 0.25) is 0 Å². The molecule has 0 unspecified atom stereocenters. The maximum atomic E-state index is 7.21. The van der Waals surface area contributed by atoms with Crippen LogP contribution >= 0.6 is 0 Å². The number of nitrogens with zero attached hydrogens (tertiary/aromatic N) is 2. The normalized spacial score (nSPS) is 12.0. The van der Waals surface area contributed by atoms with E-state index in [2.05, 4.69) is 252 Å². The largest absolute Gasteiger partial charge is 0.452 e. The standard InChI is InChI=1S/C66H40N2O2/c1-3-21-43(22-4-1)67(57-37-41-19-7-9-25-45(41)47-27-11-13-29-49(47)57)59-39-61-63(53-33-17-15-31-51(53)59)55-35-36-56-64-54-34-18-16-32-52(54)60(40-62(64)70-66(56)65(55)69-61)68(44-23-5-2-6-24-44)58-38-42-20-8-10-26-46(42)48-28-12-14-30-50(48)58/h1-40H. The van der Waals surface area contributed by atoms with Crippen LogP contribution in [-0.2, 0) is 0 Å². The Hall–Kier alpha value is -9.38. The minimum absolute atomic E-state index is 0.736. The summed E-state index contributed by atoms with van der Waals surface area (Å²) in [6.45, 7) is 0. The smallest absolute Gasteiger partial charge is 0.178 e. The molecule has 0 saturated heterocycles. The van der Waals surface area contributed by atoms with Gasteiger partial charge in [0.15, 0.2) is 11.2 Å². The van der Waals surface area contributed by atoms with Gasteiger partial charge in [0.1, 0.15) is 11.2 Å². The van der Waals surface area contributed by atoms with Crippen LogP contribution < -0.4 is 9.80 Å². The minimum Gasteiger partial charge on any atom is -0.452 e. The zero-order chi connectivity index (χ0) is 45.9. The van der Waals surface area contributed by atoms with Crippen molar-refractivity contribution in [2.75, 3.05) is 9.80 Å². The second kappa shape index (κ2) is 15.1. The van der Waals surface area contributed by atoms with Gasteiger partial charge in [0.25, 0.3) is 0 Å². The van der Waals surface area contributed by atoms with E-state index in [1.807, 2.05) is 0 Å². The van der Waals surface area contributed by atoms with Gasteiger partial charge < -0.3 is 18.6 Å². The van der Waals surface area contributed by atoms with Crippen molar-refractivity contribution < 1.29 is 8.83 Å². The van der Waals surface area contributed by atoms with Crippen molar-refractivity contribution in [3.8, 4) is 0 Å². The monoisotopic (exact) mass is 892 g/mol. The zero-order valence-corrected chi connectivity index (χ0v) is 37.8. The summed E-state index contributed by atoms with van der Waals surface area (Å²) in [7, 11) is 0. The molecule has 0 saturated carbocycles. The number of para-hydroxylation sites is 2. The quantitative estimate of drug-likeness (QED) is 0.156.